The maximum absolute atomic E-state index is 6.21. The lowest BCUT2D eigenvalue weighted by Crippen LogP contribution is -2.21. The summed E-state index contributed by atoms with van der Waals surface area (Å²) in [5.41, 5.74) is 2.16. The summed E-state index contributed by atoms with van der Waals surface area (Å²) >= 11 is 1.72. The lowest BCUT2D eigenvalue weighted by atomic mass is 9.97. The Kier molecular flexibility index (Phi) is 4.68. The van der Waals surface area contributed by atoms with Crippen molar-refractivity contribution in [1.82, 2.24) is 5.32 Å². The second-order valence-electron chi connectivity index (χ2n) is 5.83. The maximum atomic E-state index is 6.21. The molecule has 5 heteroatoms. The summed E-state index contributed by atoms with van der Waals surface area (Å²) in [6, 6.07) is 14.8. The molecule has 0 fully saturated rings. The molecule has 0 unspecified atom stereocenters. The van der Waals surface area contributed by atoms with Gasteiger partial charge < -0.3 is 14.8 Å². The number of nitrogens with one attached hydrogen (secondary N) is 1. The fourth-order valence-corrected chi connectivity index (χ4v) is 3.91. The highest BCUT2D eigenvalue weighted by Crippen LogP contribution is 2.42. The van der Waals surface area contributed by atoms with Gasteiger partial charge in [-0.1, -0.05) is 30.3 Å². The second kappa shape index (κ2) is 7.25. The van der Waals surface area contributed by atoms with Crippen molar-refractivity contribution in [2.45, 2.75) is 0 Å². The highest BCUT2D eigenvalue weighted by atomic mass is 32.1. The summed E-state index contributed by atoms with van der Waals surface area (Å²) in [6.07, 6.45) is 0. The molecule has 2 heterocycles. The molecule has 1 aromatic heterocycles. The second-order valence-corrected chi connectivity index (χ2v) is 6.77. The molecule has 128 valence electrons. The van der Waals surface area contributed by atoms with E-state index in [4.69, 9.17) is 9.47 Å². The van der Waals surface area contributed by atoms with Crippen molar-refractivity contribution < 1.29 is 9.47 Å². The molecule has 25 heavy (non-hydrogen) atoms. The molecular weight excluding hydrogens is 332 g/mol. The standard InChI is InChI=1S/C20H20N2O2S/c1-23-10-11-24-19-16(20-21-8-9-22-20)13-14-5-2-3-6-15(14)18(19)17-7-4-12-25-17/h2-7,12-13H,8-11H2,1H3,(H,21,22). The monoisotopic (exact) mass is 352 g/mol. The normalized spacial score (nSPS) is 13.7. The number of ether oxygens (including phenoxy) is 2. The first-order valence-electron chi connectivity index (χ1n) is 8.38. The lowest BCUT2D eigenvalue weighted by Gasteiger charge is -2.18. The number of thiophene rings is 1. The molecule has 0 saturated heterocycles. The fraction of sp³-hybridized carbons (Fsp3) is 0.250. The average molecular weight is 352 g/mol. The highest BCUT2D eigenvalue weighted by molar-refractivity contribution is 7.13. The van der Waals surface area contributed by atoms with Crippen molar-refractivity contribution in [3.8, 4) is 16.2 Å². The first kappa shape index (κ1) is 16.1. The Hall–Kier alpha value is -2.37. The molecule has 0 spiro atoms. The molecule has 1 aliphatic heterocycles. The molecule has 0 aliphatic carbocycles. The van der Waals surface area contributed by atoms with Crippen LogP contribution < -0.4 is 10.1 Å². The summed E-state index contributed by atoms with van der Waals surface area (Å²) in [4.78, 5) is 5.82. The van der Waals surface area contributed by atoms with Crippen molar-refractivity contribution >= 4 is 27.9 Å². The van der Waals surface area contributed by atoms with Crippen LogP contribution in [0.5, 0.6) is 5.75 Å². The van der Waals surface area contributed by atoms with Crippen LogP contribution in [0.2, 0.25) is 0 Å². The van der Waals surface area contributed by atoms with E-state index < -0.39 is 0 Å². The van der Waals surface area contributed by atoms with Gasteiger partial charge >= 0.3 is 0 Å². The predicted molar refractivity (Wildman–Crippen MR) is 104 cm³/mol. The van der Waals surface area contributed by atoms with E-state index in [-0.39, 0.29) is 0 Å². The first-order chi connectivity index (χ1) is 12.4. The lowest BCUT2D eigenvalue weighted by molar-refractivity contribution is 0.146. The van der Waals surface area contributed by atoms with E-state index in [0.717, 1.165) is 35.8 Å². The zero-order valence-corrected chi connectivity index (χ0v) is 14.9. The van der Waals surface area contributed by atoms with Gasteiger partial charge in [0.05, 0.1) is 18.7 Å². The Balaban J connectivity index is 1.97. The molecule has 2 aromatic carbocycles. The van der Waals surface area contributed by atoms with Gasteiger partial charge in [0, 0.05) is 24.1 Å². The van der Waals surface area contributed by atoms with Gasteiger partial charge in [0.15, 0.2) is 0 Å². The van der Waals surface area contributed by atoms with Gasteiger partial charge in [0.1, 0.15) is 18.2 Å². The molecule has 0 amide bonds. The Morgan fingerprint density at radius 2 is 2.08 bits per heavy atom. The van der Waals surface area contributed by atoms with Crippen molar-refractivity contribution in [2.75, 3.05) is 33.4 Å². The Morgan fingerprint density at radius 1 is 1.16 bits per heavy atom. The number of nitrogens with zero attached hydrogens (tertiary/aromatic N) is 1. The molecule has 3 aromatic rings. The number of benzene rings is 2. The van der Waals surface area contributed by atoms with E-state index in [1.807, 2.05) is 0 Å². The van der Waals surface area contributed by atoms with Gasteiger partial charge in [-0.25, -0.2) is 0 Å². The van der Waals surface area contributed by atoms with Gasteiger partial charge in [-0.15, -0.1) is 11.3 Å². The number of rotatable bonds is 6. The van der Waals surface area contributed by atoms with Crippen LogP contribution in [0.15, 0.2) is 52.8 Å². The number of fused-ring (bicyclic) bond motifs is 1. The van der Waals surface area contributed by atoms with E-state index in [1.165, 1.54) is 15.6 Å². The first-order valence-corrected chi connectivity index (χ1v) is 9.26. The average Bonchev–Trinajstić information content (AvgIpc) is 3.35. The summed E-state index contributed by atoms with van der Waals surface area (Å²) in [5.74, 6) is 1.79. The van der Waals surface area contributed by atoms with E-state index in [1.54, 1.807) is 18.4 Å². The predicted octanol–water partition coefficient (Wildman–Crippen LogP) is 3.94. The molecule has 0 atom stereocenters. The van der Waals surface area contributed by atoms with Crippen molar-refractivity contribution in [3.05, 3.63) is 53.4 Å². The van der Waals surface area contributed by atoms with E-state index >= 15 is 0 Å². The van der Waals surface area contributed by atoms with Crippen LogP contribution in [0.3, 0.4) is 0 Å². The zero-order valence-electron chi connectivity index (χ0n) is 14.1. The van der Waals surface area contributed by atoms with Gasteiger partial charge in [0.2, 0.25) is 0 Å². The van der Waals surface area contributed by atoms with E-state index in [9.17, 15) is 0 Å². The van der Waals surface area contributed by atoms with E-state index in [0.29, 0.717) is 13.2 Å². The molecule has 4 rings (SSSR count). The molecule has 0 bridgehead atoms. The Labute approximate surface area is 151 Å². The molecule has 1 N–H and O–H groups in total. The van der Waals surface area contributed by atoms with Crippen LogP contribution in [0.1, 0.15) is 5.56 Å². The van der Waals surface area contributed by atoms with Gasteiger partial charge in [-0.3, -0.25) is 4.99 Å². The van der Waals surface area contributed by atoms with Crippen LogP contribution in [0.4, 0.5) is 0 Å². The van der Waals surface area contributed by atoms with Crippen LogP contribution in [-0.2, 0) is 4.74 Å². The SMILES string of the molecule is COCCOc1c(C2=NCCN2)cc2ccccc2c1-c1cccs1. The smallest absolute Gasteiger partial charge is 0.139 e. The Bertz CT molecular complexity index is 903. The third kappa shape index (κ3) is 3.13. The fourth-order valence-electron chi connectivity index (χ4n) is 3.13. The summed E-state index contributed by atoms with van der Waals surface area (Å²) in [7, 11) is 1.69. The van der Waals surface area contributed by atoms with Gasteiger partial charge in [-0.05, 0) is 28.3 Å². The Morgan fingerprint density at radius 3 is 2.84 bits per heavy atom. The third-order valence-electron chi connectivity index (χ3n) is 4.23. The topological polar surface area (TPSA) is 42.9 Å². The maximum Gasteiger partial charge on any atom is 0.139 e. The number of methoxy groups -OCH3 is 1. The minimum Gasteiger partial charge on any atom is -0.490 e. The molecule has 0 saturated carbocycles. The highest BCUT2D eigenvalue weighted by Gasteiger charge is 2.21. The van der Waals surface area contributed by atoms with Crippen LogP contribution in [0, 0.1) is 0 Å². The minimum absolute atomic E-state index is 0.507. The number of aliphatic imine (C=N–C) groups is 1. The molecule has 1 aliphatic rings. The van der Waals surface area contributed by atoms with Crippen LogP contribution in [-0.4, -0.2) is 39.2 Å². The van der Waals surface area contributed by atoms with Crippen molar-refractivity contribution in [1.29, 1.82) is 0 Å². The van der Waals surface area contributed by atoms with Crippen LogP contribution >= 0.6 is 11.3 Å². The number of hydrogen-bond donors (Lipinski definition) is 1. The molecular formula is C20H20N2O2S. The van der Waals surface area contributed by atoms with Crippen LogP contribution in [0.25, 0.3) is 21.2 Å². The minimum atomic E-state index is 0.507. The molecule has 0 radical (unpaired) electrons. The van der Waals surface area contributed by atoms with Gasteiger partial charge in [0.25, 0.3) is 0 Å². The zero-order chi connectivity index (χ0) is 17.1. The summed E-state index contributed by atoms with van der Waals surface area (Å²) in [6.45, 7) is 2.73. The number of hydrogen-bond acceptors (Lipinski definition) is 5. The third-order valence-corrected chi connectivity index (χ3v) is 5.12. The number of amidine groups is 1. The van der Waals surface area contributed by atoms with Crippen molar-refractivity contribution in [2.24, 2.45) is 4.99 Å². The largest absolute Gasteiger partial charge is 0.490 e. The van der Waals surface area contributed by atoms with E-state index in [2.05, 4.69) is 58.2 Å². The summed E-state index contributed by atoms with van der Waals surface area (Å²) in [5, 5.41) is 7.87. The molecule has 4 nitrogen and oxygen atoms in total. The van der Waals surface area contributed by atoms with Gasteiger partial charge in [-0.2, -0.15) is 0 Å². The quantitative estimate of drug-likeness (QED) is 0.683. The van der Waals surface area contributed by atoms with Crippen molar-refractivity contribution in [3.63, 3.8) is 0 Å². The summed E-state index contributed by atoms with van der Waals surface area (Å²) < 4.78 is 11.4.